The molecule has 0 saturated carbocycles. The molecule has 0 aromatic carbocycles. The zero-order chi connectivity index (χ0) is 14.5. The fourth-order valence-corrected chi connectivity index (χ4v) is 3.12. The van der Waals surface area contributed by atoms with Gasteiger partial charge in [0.05, 0.1) is 0 Å². The van der Waals surface area contributed by atoms with Crippen molar-refractivity contribution in [2.45, 2.75) is 64.5 Å². The summed E-state index contributed by atoms with van der Waals surface area (Å²) in [5, 5.41) is 12.4. The summed E-state index contributed by atoms with van der Waals surface area (Å²) in [4.78, 5) is 13.9. The fraction of sp³-hybridized carbons (Fsp3) is 0.933. The largest absolute Gasteiger partial charge is 0.480 e. The average molecular weight is 270 g/mol. The normalized spacial score (nSPS) is 28.0. The van der Waals surface area contributed by atoms with Crippen molar-refractivity contribution in [1.82, 2.24) is 10.2 Å². The molecule has 19 heavy (non-hydrogen) atoms. The van der Waals surface area contributed by atoms with Crippen LogP contribution in [0.4, 0.5) is 0 Å². The van der Waals surface area contributed by atoms with Gasteiger partial charge in [0.1, 0.15) is 5.54 Å². The van der Waals surface area contributed by atoms with E-state index in [2.05, 4.69) is 24.1 Å². The van der Waals surface area contributed by atoms with E-state index in [1.54, 1.807) is 7.05 Å². The first kappa shape index (κ1) is 16.4. The molecule has 112 valence electrons. The third kappa shape index (κ3) is 4.18. The molecule has 2 N–H and O–H groups in total. The van der Waals surface area contributed by atoms with Gasteiger partial charge < -0.3 is 15.3 Å². The van der Waals surface area contributed by atoms with E-state index < -0.39 is 11.5 Å². The summed E-state index contributed by atoms with van der Waals surface area (Å²) < 4.78 is 0. The van der Waals surface area contributed by atoms with Crippen LogP contribution in [-0.4, -0.2) is 47.7 Å². The number of hydrogen-bond acceptors (Lipinski definition) is 3. The summed E-state index contributed by atoms with van der Waals surface area (Å²) in [6.07, 6.45) is 4.86. The number of aliphatic carboxylic acids is 1. The Morgan fingerprint density at radius 1 is 1.42 bits per heavy atom. The van der Waals surface area contributed by atoms with Gasteiger partial charge in [-0.2, -0.15) is 0 Å². The lowest BCUT2D eigenvalue weighted by Crippen LogP contribution is -2.50. The summed E-state index contributed by atoms with van der Waals surface area (Å²) in [5.74, 6) is 0.0495. The summed E-state index contributed by atoms with van der Waals surface area (Å²) >= 11 is 0. The van der Waals surface area contributed by atoms with E-state index in [0.29, 0.717) is 18.9 Å². The minimum atomic E-state index is -0.745. The smallest absolute Gasteiger partial charge is 0.323 e. The van der Waals surface area contributed by atoms with Crippen LogP contribution in [0.25, 0.3) is 0 Å². The zero-order valence-corrected chi connectivity index (χ0v) is 12.9. The number of carbonyl (C=O) groups is 1. The molecule has 0 bridgehead atoms. The van der Waals surface area contributed by atoms with Gasteiger partial charge in [0.25, 0.3) is 0 Å². The highest BCUT2D eigenvalue weighted by molar-refractivity contribution is 5.78. The first-order chi connectivity index (χ1) is 8.95. The Labute approximate surface area is 117 Å². The van der Waals surface area contributed by atoms with Crippen molar-refractivity contribution in [1.29, 1.82) is 0 Å². The second kappa shape index (κ2) is 7.25. The average Bonchev–Trinajstić information content (AvgIpc) is 2.38. The van der Waals surface area contributed by atoms with Crippen LogP contribution in [-0.2, 0) is 4.79 Å². The van der Waals surface area contributed by atoms with Crippen molar-refractivity contribution < 1.29 is 9.90 Å². The SMILES string of the molecule is CCC(CCCN1CC(C)CCC1C)(NC)C(=O)O. The Kier molecular flexibility index (Phi) is 6.27. The number of likely N-dealkylation sites (tertiary alicyclic amines) is 1. The second-order valence-corrected chi connectivity index (χ2v) is 6.12. The molecule has 1 aliphatic heterocycles. The van der Waals surface area contributed by atoms with Crippen molar-refractivity contribution in [2.75, 3.05) is 20.1 Å². The van der Waals surface area contributed by atoms with Gasteiger partial charge in [-0.1, -0.05) is 13.8 Å². The standard InChI is InChI=1S/C15H30N2O2/c1-5-15(16-4,14(18)19)9-6-10-17-11-12(2)7-8-13(17)3/h12-13,16H,5-11H2,1-4H3,(H,18,19). The molecule has 0 aromatic heterocycles. The highest BCUT2D eigenvalue weighted by atomic mass is 16.4. The molecule has 0 spiro atoms. The summed E-state index contributed by atoms with van der Waals surface area (Å²) in [5.41, 5.74) is -0.745. The molecule has 1 heterocycles. The summed E-state index contributed by atoms with van der Waals surface area (Å²) in [7, 11) is 1.75. The molecule has 4 heteroatoms. The van der Waals surface area contributed by atoms with Crippen LogP contribution in [0.15, 0.2) is 0 Å². The van der Waals surface area contributed by atoms with Crippen LogP contribution in [0.2, 0.25) is 0 Å². The van der Waals surface area contributed by atoms with Gasteiger partial charge in [-0.25, -0.2) is 0 Å². The molecule has 1 fully saturated rings. The molecule has 0 amide bonds. The van der Waals surface area contributed by atoms with Crippen LogP contribution in [0.1, 0.15) is 52.9 Å². The van der Waals surface area contributed by atoms with Crippen LogP contribution in [0.5, 0.6) is 0 Å². The summed E-state index contributed by atoms with van der Waals surface area (Å²) in [6, 6.07) is 0.645. The summed E-state index contributed by atoms with van der Waals surface area (Å²) in [6.45, 7) is 8.71. The van der Waals surface area contributed by atoms with Gasteiger partial charge in [0.2, 0.25) is 0 Å². The fourth-order valence-electron chi connectivity index (χ4n) is 3.12. The predicted octanol–water partition coefficient (Wildman–Crippen LogP) is 2.34. The van der Waals surface area contributed by atoms with Crippen LogP contribution < -0.4 is 5.32 Å². The number of carboxylic acid groups (broad SMARTS) is 1. The maximum Gasteiger partial charge on any atom is 0.323 e. The van der Waals surface area contributed by atoms with Gasteiger partial charge in [-0.15, -0.1) is 0 Å². The first-order valence-corrected chi connectivity index (χ1v) is 7.61. The molecular formula is C15H30N2O2. The molecular weight excluding hydrogens is 240 g/mol. The molecule has 3 atom stereocenters. The third-order valence-electron chi connectivity index (χ3n) is 4.79. The minimum Gasteiger partial charge on any atom is -0.480 e. The van der Waals surface area contributed by atoms with Crippen LogP contribution in [0.3, 0.4) is 0 Å². The van der Waals surface area contributed by atoms with Crippen LogP contribution >= 0.6 is 0 Å². The van der Waals surface area contributed by atoms with Gasteiger partial charge in [0.15, 0.2) is 0 Å². The molecule has 1 aliphatic rings. The molecule has 3 unspecified atom stereocenters. The Morgan fingerprint density at radius 3 is 2.63 bits per heavy atom. The number of piperidine rings is 1. The van der Waals surface area contributed by atoms with Crippen molar-refractivity contribution in [3.63, 3.8) is 0 Å². The molecule has 1 rings (SSSR count). The molecule has 1 saturated heterocycles. The molecule has 0 aromatic rings. The van der Waals surface area contributed by atoms with Gasteiger partial charge in [-0.05, 0) is 58.5 Å². The highest BCUT2D eigenvalue weighted by Crippen LogP contribution is 2.23. The van der Waals surface area contributed by atoms with Gasteiger partial charge >= 0.3 is 5.97 Å². The van der Waals surface area contributed by atoms with Gasteiger partial charge in [-0.3, -0.25) is 4.79 Å². The topological polar surface area (TPSA) is 52.6 Å². The van der Waals surface area contributed by atoms with E-state index in [0.717, 1.165) is 25.4 Å². The Morgan fingerprint density at radius 2 is 2.11 bits per heavy atom. The zero-order valence-electron chi connectivity index (χ0n) is 12.9. The lowest BCUT2D eigenvalue weighted by Gasteiger charge is -2.37. The quantitative estimate of drug-likeness (QED) is 0.745. The van der Waals surface area contributed by atoms with Crippen molar-refractivity contribution in [3.05, 3.63) is 0 Å². The number of nitrogens with one attached hydrogen (secondary N) is 1. The van der Waals surface area contributed by atoms with E-state index in [1.165, 1.54) is 12.8 Å². The Hall–Kier alpha value is -0.610. The van der Waals surface area contributed by atoms with Crippen molar-refractivity contribution >= 4 is 5.97 Å². The lowest BCUT2D eigenvalue weighted by molar-refractivity contribution is -0.145. The third-order valence-corrected chi connectivity index (χ3v) is 4.79. The predicted molar refractivity (Wildman–Crippen MR) is 78.4 cm³/mol. The number of rotatable bonds is 7. The second-order valence-electron chi connectivity index (χ2n) is 6.12. The Bertz CT molecular complexity index is 290. The monoisotopic (exact) mass is 270 g/mol. The molecule has 0 radical (unpaired) electrons. The maximum atomic E-state index is 11.4. The van der Waals surface area contributed by atoms with E-state index in [1.807, 2.05) is 6.92 Å². The van der Waals surface area contributed by atoms with E-state index in [9.17, 15) is 9.90 Å². The maximum absolute atomic E-state index is 11.4. The van der Waals surface area contributed by atoms with Crippen molar-refractivity contribution in [2.24, 2.45) is 5.92 Å². The highest BCUT2D eigenvalue weighted by Gasteiger charge is 2.34. The molecule has 4 nitrogen and oxygen atoms in total. The van der Waals surface area contributed by atoms with E-state index >= 15 is 0 Å². The number of nitrogens with zero attached hydrogens (tertiary/aromatic N) is 1. The van der Waals surface area contributed by atoms with Gasteiger partial charge in [0, 0.05) is 12.6 Å². The minimum absolute atomic E-state index is 0.630. The molecule has 0 aliphatic carbocycles. The van der Waals surface area contributed by atoms with Crippen LogP contribution in [0, 0.1) is 5.92 Å². The lowest BCUT2D eigenvalue weighted by atomic mass is 9.89. The Balaban J connectivity index is 2.45. The number of carboxylic acids is 1. The van der Waals surface area contributed by atoms with E-state index in [-0.39, 0.29) is 0 Å². The van der Waals surface area contributed by atoms with E-state index in [4.69, 9.17) is 0 Å². The van der Waals surface area contributed by atoms with Crippen molar-refractivity contribution in [3.8, 4) is 0 Å². The number of hydrogen-bond donors (Lipinski definition) is 2. The first-order valence-electron chi connectivity index (χ1n) is 7.61. The number of likely N-dealkylation sites (N-methyl/N-ethyl adjacent to an activating group) is 1.